The quantitative estimate of drug-likeness (QED) is 0.850. The second-order valence-corrected chi connectivity index (χ2v) is 6.32. The van der Waals surface area contributed by atoms with Gasteiger partial charge in [0, 0.05) is 29.6 Å². The molecular weight excluding hydrogens is 330 g/mol. The number of amides is 1. The minimum Gasteiger partial charge on any atom is -0.370 e. The van der Waals surface area contributed by atoms with Crippen LogP contribution in [0.15, 0.2) is 12.1 Å². The SMILES string of the molecule is CC(N)CCC(=O)N1CCOC(c2cc(F)c(Cl)cc2Cl)C1. The van der Waals surface area contributed by atoms with Gasteiger partial charge in [-0.3, -0.25) is 4.79 Å². The van der Waals surface area contributed by atoms with E-state index in [1.807, 2.05) is 6.92 Å². The second kappa shape index (κ2) is 7.59. The maximum absolute atomic E-state index is 13.6. The number of benzene rings is 1. The molecule has 7 heteroatoms. The third kappa shape index (κ3) is 4.32. The van der Waals surface area contributed by atoms with E-state index in [-0.39, 0.29) is 17.0 Å². The van der Waals surface area contributed by atoms with Crippen molar-refractivity contribution in [1.82, 2.24) is 4.90 Å². The van der Waals surface area contributed by atoms with E-state index in [4.69, 9.17) is 33.7 Å². The molecule has 2 unspecified atom stereocenters. The first-order valence-electron chi connectivity index (χ1n) is 7.18. The molecule has 122 valence electrons. The molecular formula is C15H19Cl2FN2O2. The Labute approximate surface area is 139 Å². The fourth-order valence-corrected chi connectivity index (χ4v) is 2.86. The van der Waals surface area contributed by atoms with Crippen LogP contribution in [0, 0.1) is 5.82 Å². The minimum absolute atomic E-state index is 0.0133. The summed E-state index contributed by atoms with van der Waals surface area (Å²) in [5.41, 5.74) is 6.18. The van der Waals surface area contributed by atoms with E-state index in [0.29, 0.717) is 43.1 Å². The minimum atomic E-state index is -0.551. The highest BCUT2D eigenvalue weighted by atomic mass is 35.5. The van der Waals surface area contributed by atoms with Crippen LogP contribution in [0.3, 0.4) is 0 Å². The number of halogens is 3. The Morgan fingerprint density at radius 1 is 1.50 bits per heavy atom. The second-order valence-electron chi connectivity index (χ2n) is 5.50. The number of rotatable bonds is 4. The topological polar surface area (TPSA) is 55.6 Å². The molecule has 1 amide bonds. The molecule has 1 saturated heterocycles. The molecule has 2 N–H and O–H groups in total. The predicted octanol–water partition coefficient (Wildman–Crippen LogP) is 3.16. The fraction of sp³-hybridized carbons (Fsp3) is 0.533. The van der Waals surface area contributed by atoms with E-state index >= 15 is 0 Å². The molecule has 1 aliphatic rings. The zero-order valence-corrected chi connectivity index (χ0v) is 13.8. The molecule has 0 spiro atoms. The summed E-state index contributed by atoms with van der Waals surface area (Å²) in [6, 6.07) is 2.61. The molecule has 1 heterocycles. The number of hydrogen-bond acceptors (Lipinski definition) is 3. The number of nitrogens with two attached hydrogens (primary N) is 1. The van der Waals surface area contributed by atoms with Gasteiger partial charge in [-0.15, -0.1) is 0 Å². The molecule has 1 aliphatic heterocycles. The van der Waals surface area contributed by atoms with Crippen molar-refractivity contribution < 1.29 is 13.9 Å². The average Bonchev–Trinajstić information content (AvgIpc) is 2.48. The van der Waals surface area contributed by atoms with Gasteiger partial charge in [0.25, 0.3) is 0 Å². The predicted molar refractivity (Wildman–Crippen MR) is 84.6 cm³/mol. The zero-order chi connectivity index (χ0) is 16.3. The highest BCUT2D eigenvalue weighted by Gasteiger charge is 2.27. The number of carbonyl (C=O) groups excluding carboxylic acids is 1. The molecule has 1 aromatic carbocycles. The summed E-state index contributed by atoms with van der Waals surface area (Å²) in [6.45, 7) is 3.11. The van der Waals surface area contributed by atoms with Gasteiger partial charge in [-0.1, -0.05) is 23.2 Å². The lowest BCUT2D eigenvalue weighted by atomic mass is 10.1. The van der Waals surface area contributed by atoms with E-state index < -0.39 is 11.9 Å². The normalized spacial score (nSPS) is 20.0. The molecule has 0 aliphatic carbocycles. The number of hydrogen-bond donors (Lipinski definition) is 1. The summed E-state index contributed by atoms with van der Waals surface area (Å²) < 4.78 is 19.3. The Kier molecular flexibility index (Phi) is 6.03. The molecule has 1 aromatic rings. The van der Waals surface area contributed by atoms with Crippen LogP contribution >= 0.6 is 23.2 Å². The number of carbonyl (C=O) groups is 1. The van der Waals surface area contributed by atoms with Crippen LogP contribution in [0.1, 0.15) is 31.4 Å². The summed E-state index contributed by atoms with van der Waals surface area (Å²) in [5.74, 6) is -0.527. The van der Waals surface area contributed by atoms with Gasteiger partial charge in [0.2, 0.25) is 5.91 Å². The van der Waals surface area contributed by atoms with Crippen molar-refractivity contribution in [2.24, 2.45) is 5.73 Å². The van der Waals surface area contributed by atoms with Crippen molar-refractivity contribution in [2.45, 2.75) is 31.9 Å². The van der Waals surface area contributed by atoms with Crippen molar-refractivity contribution >= 4 is 29.1 Å². The fourth-order valence-electron chi connectivity index (χ4n) is 2.36. The molecule has 0 bridgehead atoms. The molecule has 4 nitrogen and oxygen atoms in total. The van der Waals surface area contributed by atoms with Gasteiger partial charge in [0.05, 0.1) is 18.2 Å². The summed E-state index contributed by atoms with van der Waals surface area (Å²) in [5, 5.41) is 0.302. The summed E-state index contributed by atoms with van der Waals surface area (Å²) in [7, 11) is 0. The van der Waals surface area contributed by atoms with Crippen LogP contribution in [-0.2, 0) is 9.53 Å². The van der Waals surface area contributed by atoms with Crippen molar-refractivity contribution in [2.75, 3.05) is 19.7 Å². The lowest BCUT2D eigenvalue weighted by Gasteiger charge is -2.33. The molecule has 0 radical (unpaired) electrons. The Balaban J connectivity index is 2.07. The first-order chi connectivity index (χ1) is 10.4. The Morgan fingerprint density at radius 3 is 2.91 bits per heavy atom. The van der Waals surface area contributed by atoms with Crippen LogP contribution in [0.25, 0.3) is 0 Å². The van der Waals surface area contributed by atoms with Gasteiger partial charge in [-0.05, 0) is 25.5 Å². The molecule has 22 heavy (non-hydrogen) atoms. The van der Waals surface area contributed by atoms with Gasteiger partial charge in [0.15, 0.2) is 0 Å². The van der Waals surface area contributed by atoms with Crippen LogP contribution in [0.5, 0.6) is 0 Å². The average molecular weight is 349 g/mol. The van der Waals surface area contributed by atoms with Crippen LogP contribution in [0.4, 0.5) is 4.39 Å². The highest BCUT2D eigenvalue weighted by molar-refractivity contribution is 6.35. The van der Waals surface area contributed by atoms with Gasteiger partial charge in [-0.25, -0.2) is 4.39 Å². The number of morpholine rings is 1. The summed E-state index contributed by atoms with van der Waals surface area (Å²) in [4.78, 5) is 13.9. The van der Waals surface area contributed by atoms with Crippen molar-refractivity contribution in [1.29, 1.82) is 0 Å². The van der Waals surface area contributed by atoms with Crippen molar-refractivity contribution in [3.8, 4) is 0 Å². The third-order valence-corrected chi connectivity index (χ3v) is 4.24. The van der Waals surface area contributed by atoms with Gasteiger partial charge in [0.1, 0.15) is 11.9 Å². The largest absolute Gasteiger partial charge is 0.370 e. The maximum atomic E-state index is 13.6. The van der Waals surface area contributed by atoms with Crippen molar-refractivity contribution in [3.63, 3.8) is 0 Å². The van der Waals surface area contributed by atoms with Crippen LogP contribution in [0.2, 0.25) is 10.0 Å². The van der Waals surface area contributed by atoms with Crippen LogP contribution in [-0.4, -0.2) is 36.5 Å². The molecule has 0 aromatic heterocycles. The van der Waals surface area contributed by atoms with Crippen molar-refractivity contribution in [3.05, 3.63) is 33.6 Å². The lowest BCUT2D eigenvalue weighted by molar-refractivity contribution is -0.139. The van der Waals surface area contributed by atoms with Gasteiger partial charge in [-0.2, -0.15) is 0 Å². The van der Waals surface area contributed by atoms with Gasteiger partial charge >= 0.3 is 0 Å². The monoisotopic (exact) mass is 348 g/mol. The number of ether oxygens (including phenoxy) is 1. The first kappa shape index (κ1) is 17.5. The molecule has 2 atom stereocenters. The molecule has 1 fully saturated rings. The van der Waals surface area contributed by atoms with E-state index in [0.717, 1.165) is 0 Å². The van der Waals surface area contributed by atoms with E-state index in [1.165, 1.54) is 12.1 Å². The maximum Gasteiger partial charge on any atom is 0.222 e. The Morgan fingerprint density at radius 2 is 2.23 bits per heavy atom. The molecule has 2 rings (SSSR count). The summed E-state index contributed by atoms with van der Waals surface area (Å²) in [6.07, 6.45) is 0.580. The summed E-state index contributed by atoms with van der Waals surface area (Å²) >= 11 is 11.8. The van der Waals surface area contributed by atoms with E-state index in [9.17, 15) is 9.18 Å². The smallest absolute Gasteiger partial charge is 0.222 e. The standard InChI is InChI=1S/C15H19Cl2FN2O2/c1-9(19)2-3-15(21)20-4-5-22-14(8-20)10-6-13(18)12(17)7-11(10)16/h6-7,9,14H,2-5,8,19H2,1H3. The highest BCUT2D eigenvalue weighted by Crippen LogP contribution is 2.32. The van der Waals surface area contributed by atoms with E-state index in [1.54, 1.807) is 4.90 Å². The van der Waals surface area contributed by atoms with E-state index in [2.05, 4.69) is 0 Å². The zero-order valence-electron chi connectivity index (χ0n) is 12.3. The van der Waals surface area contributed by atoms with Crippen LogP contribution < -0.4 is 5.73 Å². The lowest BCUT2D eigenvalue weighted by Crippen LogP contribution is -2.42. The Bertz CT molecular complexity index is 555. The third-order valence-electron chi connectivity index (χ3n) is 3.62. The first-order valence-corrected chi connectivity index (χ1v) is 7.93. The number of nitrogens with zero attached hydrogens (tertiary/aromatic N) is 1. The Hall–Kier alpha value is -0.880. The molecule has 0 saturated carbocycles. The van der Waals surface area contributed by atoms with Gasteiger partial charge < -0.3 is 15.4 Å².